The van der Waals surface area contributed by atoms with Crippen LogP contribution >= 0.6 is 0 Å². The van der Waals surface area contributed by atoms with Gasteiger partial charge in [0.2, 0.25) is 0 Å². The summed E-state index contributed by atoms with van der Waals surface area (Å²) in [4.78, 5) is 14.0. The summed E-state index contributed by atoms with van der Waals surface area (Å²) < 4.78 is 33.9. The van der Waals surface area contributed by atoms with Crippen LogP contribution in [0.15, 0.2) is 10.9 Å². The summed E-state index contributed by atoms with van der Waals surface area (Å²) in [6.45, 7) is 3.18. The minimum Gasteiger partial charge on any atom is -0.493 e. The Bertz CT molecular complexity index is 968. The van der Waals surface area contributed by atoms with Gasteiger partial charge in [0.05, 0.1) is 6.61 Å². The van der Waals surface area contributed by atoms with Gasteiger partial charge in [0.1, 0.15) is 34.8 Å². The van der Waals surface area contributed by atoms with Crippen LogP contribution in [-0.4, -0.2) is 11.6 Å². The molecule has 0 atom stereocenters. The molecule has 3 N–H and O–H groups in total. The zero-order valence-corrected chi connectivity index (χ0v) is 12.8. The molecule has 6 nitrogen and oxygen atoms in total. The number of pyridine rings is 1. The maximum atomic E-state index is 14.5. The fraction of sp³-hybridized carbons (Fsp3) is 0.188. The van der Waals surface area contributed by atoms with E-state index in [0.29, 0.717) is 0 Å². The van der Waals surface area contributed by atoms with Crippen molar-refractivity contribution in [2.45, 2.75) is 13.8 Å². The van der Waals surface area contributed by atoms with Gasteiger partial charge in [0.15, 0.2) is 11.6 Å². The van der Waals surface area contributed by atoms with E-state index < -0.39 is 28.3 Å². The Morgan fingerprint density at radius 2 is 1.88 bits per heavy atom. The second-order valence-electron chi connectivity index (χ2n) is 4.82. The molecule has 0 spiro atoms. The molecule has 0 aliphatic carbocycles. The fourth-order valence-electron chi connectivity index (χ4n) is 2.29. The van der Waals surface area contributed by atoms with Crippen molar-refractivity contribution in [3.8, 4) is 29.0 Å². The molecular formula is C16H12F2N4O2. The molecule has 0 saturated carbocycles. The molecule has 0 saturated heterocycles. The number of rotatable bonds is 3. The van der Waals surface area contributed by atoms with Crippen LogP contribution in [0.5, 0.6) is 5.75 Å². The molecule has 0 aliphatic heterocycles. The van der Waals surface area contributed by atoms with Gasteiger partial charge in [0, 0.05) is 16.7 Å². The van der Waals surface area contributed by atoms with Gasteiger partial charge in [-0.2, -0.15) is 10.5 Å². The predicted molar refractivity (Wildman–Crippen MR) is 82.2 cm³/mol. The van der Waals surface area contributed by atoms with Crippen LogP contribution in [0.1, 0.15) is 23.6 Å². The lowest BCUT2D eigenvalue weighted by atomic mass is 9.94. The number of halogens is 2. The Kier molecular flexibility index (Phi) is 4.52. The van der Waals surface area contributed by atoms with E-state index in [9.17, 15) is 24.1 Å². The molecule has 8 heteroatoms. The topological polar surface area (TPSA) is 116 Å². The third-order valence-corrected chi connectivity index (χ3v) is 3.44. The maximum Gasteiger partial charge on any atom is 0.268 e. The number of ether oxygens (including phenoxy) is 1. The SMILES string of the molecule is CCOc1cc(-c2c(C#N)c(N)[nH]c(=O)c2C#N)c(F)c(F)c1C. The first kappa shape index (κ1) is 17.0. The van der Waals surface area contributed by atoms with Crippen molar-refractivity contribution in [3.05, 3.63) is 44.7 Å². The average molecular weight is 330 g/mol. The average Bonchev–Trinajstić information content (AvgIpc) is 2.55. The number of benzene rings is 1. The Morgan fingerprint density at radius 1 is 1.25 bits per heavy atom. The van der Waals surface area contributed by atoms with E-state index in [0.717, 1.165) is 6.07 Å². The quantitative estimate of drug-likeness (QED) is 0.896. The van der Waals surface area contributed by atoms with Crippen molar-refractivity contribution in [2.24, 2.45) is 0 Å². The van der Waals surface area contributed by atoms with E-state index in [1.807, 2.05) is 0 Å². The first-order chi connectivity index (χ1) is 11.4. The number of anilines is 1. The molecule has 0 aliphatic rings. The van der Waals surface area contributed by atoms with Gasteiger partial charge < -0.3 is 15.5 Å². The van der Waals surface area contributed by atoms with Crippen molar-refractivity contribution >= 4 is 5.82 Å². The van der Waals surface area contributed by atoms with Gasteiger partial charge in [-0.15, -0.1) is 0 Å². The summed E-state index contributed by atoms with van der Waals surface area (Å²) >= 11 is 0. The molecule has 2 aromatic rings. The van der Waals surface area contributed by atoms with Crippen molar-refractivity contribution < 1.29 is 13.5 Å². The first-order valence-electron chi connectivity index (χ1n) is 6.85. The van der Waals surface area contributed by atoms with Crippen LogP contribution < -0.4 is 16.0 Å². The number of nitrogens with zero attached hydrogens (tertiary/aromatic N) is 2. The standard InChI is InChI=1S/C16H12F2N4O2/c1-3-24-11-4-8(14(18)13(17)7(11)2)12-9(5-19)15(21)22-16(23)10(12)6-20/h4H,3H2,1-2H3,(H3,21,22,23). The Labute approximate surface area is 135 Å². The Hall–Kier alpha value is -3.39. The van der Waals surface area contributed by atoms with Crippen LogP contribution in [-0.2, 0) is 0 Å². The molecule has 122 valence electrons. The normalized spacial score (nSPS) is 10.1. The fourth-order valence-corrected chi connectivity index (χ4v) is 2.29. The number of aromatic amines is 1. The summed E-state index contributed by atoms with van der Waals surface area (Å²) in [6.07, 6.45) is 0. The number of nitriles is 2. The highest BCUT2D eigenvalue weighted by Crippen LogP contribution is 2.36. The van der Waals surface area contributed by atoms with Crippen LogP contribution in [0.25, 0.3) is 11.1 Å². The highest BCUT2D eigenvalue weighted by molar-refractivity contribution is 5.81. The lowest BCUT2D eigenvalue weighted by Gasteiger charge is -2.14. The summed E-state index contributed by atoms with van der Waals surface area (Å²) in [5.41, 5.74) is 2.95. The van der Waals surface area contributed by atoms with Crippen molar-refractivity contribution in [1.29, 1.82) is 10.5 Å². The molecule has 24 heavy (non-hydrogen) atoms. The molecule has 1 aromatic carbocycles. The van der Waals surface area contributed by atoms with E-state index >= 15 is 0 Å². The number of nitrogen functional groups attached to an aromatic ring is 1. The van der Waals surface area contributed by atoms with Crippen molar-refractivity contribution in [2.75, 3.05) is 12.3 Å². The summed E-state index contributed by atoms with van der Waals surface area (Å²) in [7, 11) is 0. The maximum absolute atomic E-state index is 14.5. The van der Waals surface area contributed by atoms with Crippen LogP contribution in [0.2, 0.25) is 0 Å². The summed E-state index contributed by atoms with van der Waals surface area (Å²) in [5.74, 6) is -2.79. The highest BCUT2D eigenvalue weighted by Gasteiger charge is 2.25. The lowest BCUT2D eigenvalue weighted by molar-refractivity contribution is 0.333. The first-order valence-corrected chi connectivity index (χ1v) is 6.85. The van der Waals surface area contributed by atoms with E-state index in [4.69, 9.17) is 10.5 Å². The zero-order chi connectivity index (χ0) is 18.0. The smallest absolute Gasteiger partial charge is 0.268 e. The summed E-state index contributed by atoms with van der Waals surface area (Å²) in [5, 5.41) is 18.4. The molecule has 1 heterocycles. The van der Waals surface area contributed by atoms with Crippen LogP contribution in [0.4, 0.5) is 14.6 Å². The van der Waals surface area contributed by atoms with Gasteiger partial charge >= 0.3 is 0 Å². The third kappa shape index (κ3) is 2.55. The molecule has 0 amide bonds. The van der Waals surface area contributed by atoms with E-state index in [1.165, 1.54) is 6.92 Å². The Morgan fingerprint density at radius 3 is 2.42 bits per heavy atom. The number of hydrogen-bond acceptors (Lipinski definition) is 5. The van der Waals surface area contributed by atoms with Crippen LogP contribution in [0.3, 0.4) is 0 Å². The van der Waals surface area contributed by atoms with Gasteiger partial charge in [-0.1, -0.05) is 0 Å². The van der Waals surface area contributed by atoms with E-state index in [1.54, 1.807) is 19.1 Å². The summed E-state index contributed by atoms with van der Waals surface area (Å²) in [6, 6.07) is 4.44. The molecule has 0 unspecified atom stereocenters. The molecule has 2 rings (SSSR count). The lowest BCUT2D eigenvalue weighted by Crippen LogP contribution is -2.17. The third-order valence-electron chi connectivity index (χ3n) is 3.44. The number of hydrogen-bond donors (Lipinski definition) is 2. The minimum atomic E-state index is -1.30. The van der Waals surface area contributed by atoms with Gasteiger partial charge in [0.25, 0.3) is 5.56 Å². The Balaban J connectivity index is 3.00. The number of H-pyrrole nitrogens is 1. The predicted octanol–water partition coefficient (Wildman–Crippen LogP) is 2.35. The molecule has 1 aromatic heterocycles. The van der Waals surface area contributed by atoms with E-state index in [2.05, 4.69) is 4.98 Å². The molecule has 0 bridgehead atoms. The van der Waals surface area contributed by atoms with Gasteiger partial charge in [-0.25, -0.2) is 8.78 Å². The minimum absolute atomic E-state index is 0.0398. The molecule has 0 radical (unpaired) electrons. The molecular weight excluding hydrogens is 318 g/mol. The monoisotopic (exact) mass is 330 g/mol. The number of nitrogens with two attached hydrogens (primary N) is 1. The van der Waals surface area contributed by atoms with Gasteiger partial charge in [-0.05, 0) is 19.9 Å². The zero-order valence-electron chi connectivity index (χ0n) is 12.8. The van der Waals surface area contributed by atoms with Crippen molar-refractivity contribution in [1.82, 2.24) is 4.98 Å². The second-order valence-corrected chi connectivity index (χ2v) is 4.82. The van der Waals surface area contributed by atoms with Crippen LogP contribution in [0, 0.1) is 41.2 Å². The van der Waals surface area contributed by atoms with Crippen molar-refractivity contribution in [3.63, 3.8) is 0 Å². The van der Waals surface area contributed by atoms with Gasteiger partial charge in [-0.3, -0.25) is 4.79 Å². The number of nitrogens with one attached hydrogen (secondary N) is 1. The largest absolute Gasteiger partial charge is 0.493 e. The highest BCUT2D eigenvalue weighted by atomic mass is 19.2. The van der Waals surface area contributed by atoms with E-state index in [-0.39, 0.29) is 34.9 Å². The molecule has 0 fully saturated rings. The second kappa shape index (κ2) is 6.39. The number of aromatic nitrogens is 1.